The Bertz CT molecular complexity index is 602. The van der Waals surface area contributed by atoms with E-state index in [1.165, 1.54) is 6.07 Å². The molecule has 0 bridgehead atoms. The van der Waals surface area contributed by atoms with Crippen LogP contribution in [0.25, 0.3) is 0 Å². The Labute approximate surface area is 149 Å². The molecule has 0 heterocycles. The number of hydrogen-bond donors (Lipinski definition) is 1. The molecule has 142 valence electrons. The van der Waals surface area contributed by atoms with Crippen LogP contribution in [-0.2, 0) is 6.18 Å². The Kier molecular flexibility index (Phi) is 7.53. The average molecular weight is 375 g/mol. The zero-order chi connectivity index (χ0) is 19.3. The van der Waals surface area contributed by atoms with Gasteiger partial charge in [-0.15, -0.1) is 0 Å². The van der Waals surface area contributed by atoms with Gasteiger partial charge < -0.3 is 10.1 Å². The van der Waals surface area contributed by atoms with Crippen LogP contribution in [0.2, 0.25) is 25.7 Å². The molecule has 3 nitrogen and oxygen atoms in total. The van der Waals surface area contributed by atoms with Gasteiger partial charge in [-0.3, -0.25) is 0 Å². The zero-order valence-electron chi connectivity index (χ0n) is 16.0. The number of nitrogens with one attached hydrogen (secondary N) is 1. The molecule has 0 radical (unpaired) electrons. The van der Waals surface area contributed by atoms with Crippen molar-refractivity contribution in [3.05, 3.63) is 23.3 Å². The summed E-state index contributed by atoms with van der Waals surface area (Å²) in [6, 6.07) is 3.55. The van der Waals surface area contributed by atoms with Gasteiger partial charge in [-0.2, -0.15) is 13.2 Å². The maximum atomic E-state index is 13.4. The number of hydrogen-bond acceptors (Lipinski definition) is 2. The van der Waals surface area contributed by atoms with E-state index in [-0.39, 0.29) is 5.75 Å². The lowest BCUT2D eigenvalue weighted by Crippen LogP contribution is -2.20. The summed E-state index contributed by atoms with van der Waals surface area (Å²) in [5.74, 6) is 0.530. The number of aliphatic imine (C=N–C) groups is 1. The first kappa shape index (κ1) is 21.5. The summed E-state index contributed by atoms with van der Waals surface area (Å²) in [5.41, 5.74) is 0.207. The molecule has 0 fully saturated rings. The highest BCUT2D eigenvalue weighted by atomic mass is 28.3. The van der Waals surface area contributed by atoms with Crippen LogP contribution in [0.3, 0.4) is 0 Å². The average Bonchev–Trinajstić information content (AvgIpc) is 2.48. The molecular formula is C18H29F3N2OSi. The number of rotatable bonds is 7. The van der Waals surface area contributed by atoms with Gasteiger partial charge in [0.1, 0.15) is 11.6 Å². The van der Waals surface area contributed by atoms with E-state index in [0.29, 0.717) is 30.1 Å². The van der Waals surface area contributed by atoms with Crippen LogP contribution in [-0.4, -0.2) is 27.6 Å². The third-order valence-corrected chi connectivity index (χ3v) is 5.66. The summed E-state index contributed by atoms with van der Waals surface area (Å²) < 4.78 is 45.8. The van der Waals surface area contributed by atoms with Crippen molar-refractivity contribution in [2.75, 3.05) is 13.7 Å². The SMILES string of the molecule is CCC(=Nc1cc(C(F)(F)F)c(OCCC[Si](C)(C)C)cc1C)NC. The first-order chi connectivity index (χ1) is 11.5. The minimum absolute atomic E-state index is 0.109. The van der Waals surface area contributed by atoms with E-state index >= 15 is 0 Å². The molecule has 0 atom stereocenters. The lowest BCUT2D eigenvalue weighted by molar-refractivity contribution is -0.138. The molecule has 1 aromatic carbocycles. The molecule has 0 unspecified atom stereocenters. The van der Waals surface area contributed by atoms with E-state index in [2.05, 4.69) is 30.0 Å². The topological polar surface area (TPSA) is 33.6 Å². The van der Waals surface area contributed by atoms with Crippen LogP contribution < -0.4 is 10.1 Å². The fourth-order valence-corrected chi connectivity index (χ4v) is 3.58. The van der Waals surface area contributed by atoms with Crippen LogP contribution in [0, 0.1) is 6.92 Å². The zero-order valence-corrected chi connectivity index (χ0v) is 17.0. The van der Waals surface area contributed by atoms with Crippen molar-refractivity contribution in [1.29, 1.82) is 0 Å². The lowest BCUT2D eigenvalue weighted by atomic mass is 10.1. The monoisotopic (exact) mass is 374 g/mol. The van der Waals surface area contributed by atoms with Crippen LogP contribution in [0.15, 0.2) is 17.1 Å². The number of halogens is 3. The molecule has 0 aliphatic heterocycles. The predicted octanol–water partition coefficient (Wildman–Crippen LogP) is 5.78. The van der Waals surface area contributed by atoms with Gasteiger partial charge in [-0.05, 0) is 31.0 Å². The second-order valence-electron chi connectivity index (χ2n) is 7.31. The van der Waals surface area contributed by atoms with Crippen molar-refractivity contribution in [3.63, 3.8) is 0 Å². The summed E-state index contributed by atoms with van der Waals surface area (Å²) in [6.07, 6.45) is -3.09. The van der Waals surface area contributed by atoms with Gasteiger partial charge in [0.15, 0.2) is 0 Å². The Hall–Kier alpha value is -1.50. The van der Waals surface area contributed by atoms with Crippen molar-refractivity contribution in [3.8, 4) is 5.75 Å². The number of ether oxygens (including phenoxy) is 1. The summed E-state index contributed by atoms with van der Waals surface area (Å²) in [4.78, 5) is 4.29. The van der Waals surface area contributed by atoms with Gasteiger partial charge in [-0.1, -0.05) is 32.6 Å². The highest BCUT2D eigenvalue weighted by molar-refractivity contribution is 6.76. The molecule has 0 aromatic heterocycles. The molecule has 0 spiro atoms. The molecule has 0 aliphatic carbocycles. The van der Waals surface area contributed by atoms with Crippen molar-refractivity contribution in [1.82, 2.24) is 5.32 Å². The Balaban J connectivity index is 3.09. The van der Waals surface area contributed by atoms with E-state index in [0.717, 1.165) is 18.5 Å². The minimum atomic E-state index is -4.47. The Morgan fingerprint density at radius 3 is 2.36 bits per heavy atom. The third kappa shape index (κ3) is 7.10. The second-order valence-corrected chi connectivity index (χ2v) is 12.9. The van der Waals surface area contributed by atoms with Gasteiger partial charge in [0.25, 0.3) is 0 Å². The van der Waals surface area contributed by atoms with E-state index < -0.39 is 19.8 Å². The van der Waals surface area contributed by atoms with Gasteiger partial charge in [0, 0.05) is 21.5 Å². The van der Waals surface area contributed by atoms with E-state index in [1.54, 1.807) is 14.0 Å². The molecule has 0 saturated heterocycles. The first-order valence-electron chi connectivity index (χ1n) is 8.58. The summed E-state index contributed by atoms with van der Waals surface area (Å²) in [6.45, 7) is 10.6. The Morgan fingerprint density at radius 1 is 1.24 bits per heavy atom. The van der Waals surface area contributed by atoms with Crippen LogP contribution in [0.4, 0.5) is 18.9 Å². The quantitative estimate of drug-likeness (QED) is 0.284. The highest BCUT2D eigenvalue weighted by Gasteiger charge is 2.35. The van der Waals surface area contributed by atoms with Gasteiger partial charge in [-0.25, -0.2) is 4.99 Å². The van der Waals surface area contributed by atoms with Crippen LogP contribution in [0.1, 0.15) is 30.9 Å². The maximum Gasteiger partial charge on any atom is 0.420 e. The number of nitrogens with zero attached hydrogens (tertiary/aromatic N) is 1. The number of aryl methyl sites for hydroxylation is 1. The van der Waals surface area contributed by atoms with Crippen molar-refractivity contribution in [2.45, 2.75) is 58.6 Å². The standard InChI is InChI=1S/C18H29F3N2OSi/c1-7-17(22-3)23-15-12-14(18(19,20)21)16(11-13(15)2)24-9-8-10-25(4,5)6/h11-12H,7-10H2,1-6H3,(H,22,23). The van der Waals surface area contributed by atoms with Gasteiger partial charge in [0.2, 0.25) is 0 Å². The molecule has 1 aromatic rings. The van der Waals surface area contributed by atoms with Crippen molar-refractivity contribution >= 4 is 19.6 Å². The normalized spacial score (nSPS) is 13.1. The summed E-state index contributed by atoms with van der Waals surface area (Å²) in [5, 5.41) is 2.90. The van der Waals surface area contributed by atoms with E-state index in [4.69, 9.17) is 4.74 Å². The van der Waals surface area contributed by atoms with E-state index in [9.17, 15) is 13.2 Å². The highest BCUT2D eigenvalue weighted by Crippen LogP contribution is 2.40. The molecule has 0 aliphatic rings. The largest absolute Gasteiger partial charge is 0.493 e. The minimum Gasteiger partial charge on any atom is -0.493 e. The van der Waals surface area contributed by atoms with Crippen LogP contribution in [0.5, 0.6) is 5.75 Å². The molecule has 0 amide bonds. The predicted molar refractivity (Wildman–Crippen MR) is 101 cm³/mol. The first-order valence-corrected chi connectivity index (χ1v) is 12.3. The number of amidine groups is 1. The Morgan fingerprint density at radius 2 is 1.88 bits per heavy atom. The third-order valence-electron chi connectivity index (χ3n) is 3.81. The molecule has 25 heavy (non-hydrogen) atoms. The summed E-state index contributed by atoms with van der Waals surface area (Å²) >= 11 is 0. The number of benzene rings is 1. The number of alkyl halides is 3. The lowest BCUT2D eigenvalue weighted by Gasteiger charge is -2.18. The fraction of sp³-hybridized carbons (Fsp3) is 0.611. The second kappa shape index (κ2) is 8.74. The molecule has 1 rings (SSSR count). The molecular weight excluding hydrogens is 345 g/mol. The van der Waals surface area contributed by atoms with E-state index in [1.807, 2.05) is 6.92 Å². The molecule has 7 heteroatoms. The van der Waals surface area contributed by atoms with Crippen molar-refractivity contribution < 1.29 is 17.9 Å². The maximum absolute atomic E-state index is 13.4. The van der Waals surface area contributed by atoms with Gasteiger partial charge >= 0.3 is 6.18 Å². The fourth-order valence-electron chi connectivity index (χ4n) is 2.37. The molecule has 0 saturated carbocycles. The smallest absolute Gasteiger partial charge is 0.420 e. The molecule has 1 N–H and O–H groups in total. The van der Waals surface area contributed by atoms with Crippen LogP contribution >= 0.6 is 0 Å². The summed E-state index contributed by atoms with van der Waals surface area (Å²) in [7, 11) is 0.487. The van der Waals surface area contributed by atoms with Gasteiger partial charge in [0.05, 0.1) is 17.9 Å². The van der Waals surface area contributed by atoms with Crippen molar-refractivity contribution in [2.24, 2.45) is 4.99 Å².